The Hall–Kier alpha value is -2.41. The molecule has 0 radical (unpaired) electrons. The number of halogens is 4. The molecule has 0 saturated carbocycles. The van der Waals surface area contributed by atoms with E-state index < -0.39 is 17.6 Å². The van der Waals surface area contributed by atoms with Gasteiger partial charge in [-0.2, -0.15) is 13.2 Å². The molecule has 1 unspecified atom stereocenters. The second-order valence-electron chi connectivity index (χ2n) is 5.70. The smallest absolute Gasteiger partial charge is 0.325 e. The highest BCUT2D eigenvalue weighted by molar-refractivity contribution is 5.92. The van der Waals surface area contributed by atoms with E-state index in [9.17, 15) is 22.4 Å². The Kier molecular flexibility index (Phi) is 6.14. The molecule has 0 bridgehead atoms. The van der Waals surface area contributed by atoms with Crippen molar-refractivity contribution in [2.45, 2.75) is 32.1 Å². The van der Waals surface area contributed by atoms with Crippen molar-refractivity contribution in [1.29, 1.82) is 0 Å². The minimum absolute atomic E-state index is 0.00733. The fourth-order valence-corrected chi connectivity index (χ4v) is 2.29. The second-order valence-corrected chi connectivity index (χ2v) is 5.70. The number of rotatable bonds is 6. The van der Waals surface area contributed by atoms with Crippen LogP contribution in [0.4, 0.5) is 23.2 Å². The Morgan fingerprint density at radius 1 is 1.08 bits per heavy atom. The van der Waals surface area contributed by atoms with E-state index >= 15 is 0 Å². The number of para-hydroxylation sites is 1. The van der Waals surface area contributed by atoms with Gasteiger partial charge in [0.25, 0.3) is 0 Å². The number of amides is 1. The van der Waals surface area contributed by atoms with Gasteiger partial charge in [-0.25, -0.2) is 4.39 Å². The lowest BCUT2D eigenvalue weighted by atomic mass is 10.1. The fraction of sp³-hybridized carbons (Fsp3) is 0.278. The van der Waals surface area contributed by atoms with Crippen LogP contribution in [0.3, 0.4) is 0 Å². The lowest BCUT2D eigenvalue weighted by Crippen LogP contribution is -2.30. The van der Waals surface area contributed by atoms with Crippen LogP contribution in [0.1, 0.15) is 24.5 Å². The first-order valence-corrected chi connectivity index (χ1v) is 7.69. The summed E-state index contributed by atoms with van der Waals surface area (Å²) in [4.78, 5) is 12.0. The van der Waals surface area contributed by atoms with Crippen molar-refractivity contribution in [3.05, 3.63) is 65.5 Å². The van der Waals surface area contributed by atoms with Crippen LogP contribution in [0.5, 0.6) is 0 Å². The van der Waals surface area contributed by atoms with Gasteiger partial charge in [-0.15, -0.1) is 0 Å². The maximum absolute atomic E-state index is 12.9. The van der Waals surface area contributed by atoms with Gasteiger partial charge in [0, 0.05) is 19.0 Å². The van der Waals surface area contributed by atoms with Gasteiger partial charge in [-0.05, 0) is 36.8 Å². The number of hydrogen-bond acceptors (Lipinski definition) is 2. The van der Waals surface area contributed by atoms with Gasteiger partial charge in [0.2, 0.25) is 5.91 Å². The topological polar surface area (TPSA) is 41.1 Å². The zero-order valence-corrected chi connectivity index (χ0v) is 13.5. The number of benzene rings is 2. The van der Waals surface area contributed by atoms with Crippen LogP contribution in [0, 0.1) is 5.82 Å². The van der Waals surface area contributed by atoms with Crippen LogP contribution in [0.2, 0.25) is 0 Å². The molecule has 2 aromatic carbocycles. The van der Waals surface area contributed by atoms with E-state index in [1.54, 1.807) is 19.1 Å². The molecular formula is C18H18F4N2O. The van der Waals surface area contributed by atoms with E-state index in [1.165, 1.54) is 30.3 Å². The van der Waals surface area contributed by atoms with Crippen molar-refractivity contribution >= 4 is 11.6 Å². The summed E-state index contributed by atoms with van der Waals surface area (Å²) < 4.78 is 51.6. The first-order valence-electron chi connectivity index (χ1n) is 7.69. The van der Waals surface area contributed by atoms with E-state index in [4.69, 9.17) is 0 Å². The van der Waals surface area contributed by atoms with E-state index in [0.29, 0.717) is 6.54 Å². The van der Waals surface area contributed by atoms with E-state index in [-0.39, 0.29) is 24.0 Å². The van der Waals surface area contributed by atoms with Gasteiger partial charge in [-0.1, -0.05) is 24.3 Å². The van der Waals surface area contributed by atoms with Crippen LogP contribution >= 0.6 is 0 Å². The van der Waals surface area contributed by atoms with Gasteiger partial charge in [0.1, 0.15) is 5.82 Å². The number of nitrogens with one attached hydrogen (secondary N) is 2. The predicted molar refractivity (Wildman–Crippen MR) is 87.4 cm³/mol. The third-order valence-corrected chi connectivity index (χ3v) is 3.57. The molecule has 0 spiro atoms. The van der Waals surface area contributed by atoms with Crippen LogP contribution in [0.15, 0.2) is 48.5 Å². The molecule has 3 nitrogen and oxygen atoms in total. The molecule has 2 aromatic rings. The maximum Gasteiger partial charge on any atom is 0.418 e. The molecule has 0 heterocycles. The maximum atomic E-state index is 12.9. The molecule has 0 saturated heterocycles. The zero-order chi connectivity index (χ0) is 18.4. The molecular weight excluding hydrogens is 336 g/mol. The predicted octanol–water partition coefficient (Wildman–Crippen LogP) is 4.35. The highest BCUT2D eigenvalue weighted by Gasteiger charge is 2.33. The van der Waals surface area contributed by atoms with Gasteiger partial charge in [0.15, 0.2) is 0 Å². The van der Waals surface area contributed by atoms with Crippen molar-refractivity contribution in [2.75, 3.05) is 5.32 Å². The van der Waals surface area contributed by atoms with Gasteiger partial charge >= 0.3 is 6.18 Å². The molecule has 0 aliphatic carbocycles. The number of carbonyl (C=O) groups excluding carboxylic acids is 1. The lowest BCUT2D eigenvalue weighted by molar-refractivity contribution is -0.137. The summed E-state index contributed by atoms with van der Waals surface area (Å²) in [5.74, 6) is -0.852. The Morgan fingerprint density at radius 2 is 1.72 bits per heavy atom. The first-order chi connectivity index (χ1) is 11.8. The summed E-state index contributed by atoms with van der Waals surface area (Å²) in [7, 11) is 0. The summed E-state index contributed by atoms with van der Waals surface area (Å²) in [6.45, 7) is 2.17. The number of carbonyl (C=O) groups is 1. The first kappa shape index (κ1) is 18.9. The van der Waals surface area contributed by atoms with Crippen molar-refractivity contribution in [1.82, 2.24) is 5.32 Å². The summed E-state index contributed by atoms with van der Waals surface area (Å²) in [6, 6.07) is 10.5. The van der Waals surface area contributed by atoms with Crippen LogP contribution < -0.4 is 10.6 Å². The normalized spacial score (nSPS) is 12.7. The van der Waals surface area contributed by atoms with Crippen molar-refractivity contribution in [3.8, 4) is 0 Å². The Labute approximate surface area is 143 Å². The SMILES string of the molecule is CC(CC(=O)Nc1ccccc1C(F)(F)F)NCc1ccc(F)cc1. The molecule has 2 N–H and O–H groups in total. The summed E-state index contributed by atoms with van der Waals surface area (Å²) in [5, 5.41) is 5.38. The molecule has 0 fully saturated rings. The minimum Gasteiger partial charge on any atom is -0.325 e. The van der Waals surface area contributed by atoms with Crippen molar-refractivity contribution < 1.29 is 22.4 Å². The standard InChI is InChI=1S/C18H18F4N2O/c1-12(23-11-13-6-8-14(19)9-7-13)10-17(25)24-16-5-3-2-4-15(16)18(20,21)22/h2-9,12,23H,10-11H2,1H3,(H,24,25). The Bertz CT molecular complexity index is 714. The molecule has 25 heavy (non-hydrogen) atoms. The van der Waals surface area contributed by atoms with Gasteiger partial charge < -0.3 is 10.6 Å². The summed E-state index contributed by atoms with van der Waals surface area (Å²) in [6.07, 6.45) is -4.52. The Morgan fingerprint density at radius 3 is 2.36 bits per heavy atom. The van der Waals surface area contributed by atoms with E-state index in [1.807, 2.05) is 0 Å². The molecule has 2 rings (SSSR count). The van der Waals surface area contributed by atoms with Crippen LogP contribution in [0.25, 0.3) is 0 Å². The molecule has 0 aromatic heterocycles. The highest BCUT2D eigenvalue weighted by atomic mass is 19.4. The third-order valence-electron chi connectivity index (χ3n) is 3.57. The van der Waals surface area contributed by atoms with E-state index in [0.717, 1.165) is 11.6 Å². The highest BCUT2D eigenvalue weighted by Crippen LogP contribution is 2.34. The average Bonchev–Trinajstić information content (AvgIpc) is 2.53. The molecule has 1 atom stereocenters. The largest absolute Gasteiger partial charge is 0.418 e. The average molecular weight is 354 g/mol. The minimum atomic E-state index is -4.53. The number of anilines is 1. The molecule has 0 aliphatic heterocycles. The van der Waals surface area contributed by atoms with Crippen LogP contribution in [-0.2, 0) is 17.5 Å². The molecule has 7 heteroatoms. The van der Waals surface area contributed by atoms with Gasteiger partial charge in [-0.3, -0.25) is 4.79 Å². The van der Waals surface area contributed by atoms with Crippen LogP contribution in [-0.4, -0.2) is 11.9 Å². The third kappa shape index (κ3) is 5.86. The lowest BCUT2D eigenvalue weighted by Gasteiger charge is -2.16. The Balaban J connectivity index is 1.89. The zero-order valence-electron chi connectivity index (χ0n) is 13.5. The summed E-state index contributed by atoms with van der Waals surface area (Å²) in [5.41, 5.74) is -0.294. The second kappa shape index (κ2) is 8.11. The van der Waals surface area contributed by atoms with Gasteiger partial charge in [0.05, 0.1) is 11.3 Å². The van der Waals surface area contributed by atoms with Crippen molar-refractivity contribution in [2.24, 2.45) is 0 Å². The monoisotopic (exact) mass is 354 g/mol. The van der Waals surface area contributed by atoms with E-state index in [2.05, 4.69) is 10.6 Å². The summed E-state index contributed by atoms with van der Waals surface area (Å²) >= 11 is 0. The quantitative estimate of drug-likeness (QED) is 0.757. The number of alkyl halides is 3. The molecule has 134 valence electrons. The molecule has 1 amide bonds. The number of hydrogen-bond donors (Lipinski definition) is 2. The fourth-order valence-electron chi connectivity index (χ4n) is 2.29. The molecule has 0 aliphatic rings. The van der Waals surface area contributed by atoms with Crippen molar-refractivity contribution in [3.63, 3.8) is 0 Å².